The van der Waals surface area contributed by atoms with E-state index in [2.05, 4.69) is 14.7 Å². The van der Waals surface area contributed by atoms with Crippen LogP contribution in [-0.4, -0.2) is 16.3 Å². The van der Waals surface area contributed by atoms with Gasteiger partial charge in [-0.2, -0.15) is 4.98 Å². The molecule has 0 aliphatic rings. The number of aromatic nitrogens is 2. The lowest BCUT2D eigenvalue weighted by molar-refractivity contribution is -0.274. The van der Waals surface area contributed by atoms with Crippen molar-refractivity contribution < 1.29 is 22.6 Å². The predicted octanol–water partition coefficient (Wildman–Crippen LogP) is 4.13. The van der Waals surface area contributed by atoms with E-state index in [1.54, 1.807) is 6.92 Å². The number of alkyl halides is 3. The molecule has 1 aromatic heterocycles. The van der Waals surface area contributed by atoms with Crippen molar-refractivity contribution in [2.24, 2.45) is 0 Å². The number of hydrogen-bond donors (Lipinski definition) is 0. The van der Waals surface area contributed by atoms with E-state index in [1.165, 1.54) is 18.3 Å². The number of halogens is 4. The smallest absolute Gasteiger partial charge is 0.439 e. The fraction of sp³-hybridized carbons (Fsp3) is 0.167. The van der Waals surface area contributed by atoms with Crippen molar-refractivity contribution in [1.82, 2.24) is 9.97 Å². The first-order valence-corrected chi connectivity index (χ1v) is 5.74. The van der Waals surface area contributed by atoms with Crippen LogP contribution < -0.4 is 9.47 Å². The summed E-state index contributed by atoms with van der Waals surface area (Å²) < 4.78 is 45.2. The van der Waals surface area contributed by atoms with Crippen LogP contribution in [-0.2, 0) is 0 Å². The predicted molar refractivity (Wildman–Crippen MR) is 65.0 cm³/mol. The molecule has 106 valence electrons. The van der Waals surface area contributed by atoms with Crippen molar-refractivity contribution in [3.63, 3.8) is 0 Å². The minimum atomic E-state index is -4.72. The Kier molecular flexibility index (Phi) is 3.99. The zero-order valence-electron chi connectivity index (χ0n) is 10.1. The van der Waals surface area contributed by atoms with Crippen LogP contribution in [0, 0.1) is 6.92 Å². The molecule has 0 unspecified atom stereocenters. The second-order valence-corrected chi connectivity index (χ2v) is 4.09. The van der Waals surface area contributed by atoms with Gasteiger partial charge in [-0.25, -0.2) is 4.98 Å². The molecule has 0 bridgehead atoms. The van der Waals surface area contributed by atoms with Crippen LogP contribution in [0.2, 0.25) is 5.28 Å². The van der Waals surface area contributed by atoms with Gasteiger partial charge in [-0.1, -0.05) is 0 Å². The summed E-state index contributed by atoms with van der Waals surface area (Å²) >= 11 is 5.63. The number of hydrogen-bond acceptors (Lipinski definition) is 4. The van der Waals surface area contributed by atoms with E-state index in [0.717, 1.165) is 12.1 Å². The topological polar surface area (TPSA) is 44.2 Å². The Morgan fingerprint density at radius 3 is 2.30 bits per heavy atom. The molecule has 20 heavy (non-hydrogen) atoms. The Morgan fingerprint density at radius 2 is 1.70 bits per heavy atom. The summed E-state index contributed by atoms with van der Waals surface area (Å²) in [5.41, 5.74) is 0.644. The average Bonchev–Trinajstić information content (AvgIpc) is 2.34. The molecule has 0 N–H and O–H groups in total. The van der Waals surface area contributed by atoms with Gasteiger partial charge in [0.25, 0.3) is 0 Å². The Labute approximate surface area is 117 Å². The fourth-order valence-corrected chi connectivity index (χ4v) is 1.46. The van der Waals surface area contributed by atoms with Crippen molar-refractivity contribution in [2.45, 2.75) is 13.3 Å². The number of benzene rings is 1. The second-order valence-electron chi connectivity index (χ2n) is 3.75. The molecule has 0 atom stereocenters. The molecule has 0 amide bonds. The number of ether oxygens (including phenoxy) is 2. The van der Waals surface area contributed by atoms with Crippen LogP contribution in [0.25, 0.3) is 0 Å². The van der Waals surface area contributed by atoms with Crippen LogP contribution in [0.4, 0.5) is 13.2 Å². The zero-order chi connectivity index (χ0) is 14.8. The van der Waals surface area contributed by atoms with Crippen LogP contribution >= 0.6 is 11.6 Å². The second kappa shape index (κ2) is 5.54. The normalized spacial score (nSPS) is 11.2. The Bertz CT molecular complexity index is 603. The standard InChI is InChI=1S/C12H8ClF3N2O2/c1-7-6-17-11(13)18-10(7)19-8-2-4-9(5-3-8)20-12(14,15)16/h2-6H,1H3. The molecule has 0 aliphatic heterocycles. The summed E-state index contributed by atoms with van der Waals surface area (Å²) in [6.07, 6.45) is -3.25. The van der Waals surface area contributed by atoms with Gasteiger partial charge in [0.05, 0.1) is 0 Å². The minimum absolute atomic E-state index is 0.0163. The monoisotopic (exact) mass is 304 g/mol. The molecular formula is C12H8ClF3N2O2. The first-order valence-electron chi connectivity index (χ1n) is 5.36. The maximum Gasteiger partial charge on any atom is 0.573 e. The molecule has 0 saturated heterocycles. The van der Waals surface area contributed by atoms with Gasteiger partial charge in [-0.15, -0.1) is 13.2 Å². The first-order chi connectivity index (χ1) is 9.33. The fourth-order valence-electron chi connectivity index (χ4n) is 1.33. The Hall–Kier alpha value is -2.02. The quantitative estimate of drug-likeness (QED) is 0.800. The summed E-state index contributed by atoms with van der Waals surface area (Å²) in [6.45, 7) is 1.72. The van der Waals surface area contributed by atoms with E-state index in [0.29, 0.717) is 11.3 Å². The molecule has 0 fully saturated rings. The highest BCUT2D eigenvalue weighted by molar-refractivity contribution is 6.28. The highest BCUT2D eigenvalue weighted by Crippen LogP contribution is 2.27. The van der Waals surface area contributed by atoms with E-state index in [4.69, 9.17) is 16.3 Å². The zero-order valence-corrected chi connectivity index (χ0v) is 10.9. The van der Waals surface area contributed by atoms with Gasteiger partial charge in [-0.05, 0) is 42.8 Å². The lowest BCUT2D eigenvalue weighted by atomic mass is 10.3. The Balaban J connectivity index is 2.13. The lowest BCUT2D eigenvalue weighted by Crippen LogP contribution is -2.16. The van der Waals surface area contributed by atoms with E-state index in [-0.39, 0.29) is 16.9 Å². The van der Waals surface area contributed by atoms with Crippen LogP contribution in [0.3, 0.4) is 0 Å². The van der Waals surface area contributed by atoms with E-state index < -0.39 is 6.36 Å². The SMILES string of the molecule is Cc1cnc(Cl)nc1Oc1ccc(OC(F)(F)F)cc1. The molecule has 8 heteroatoms. The molecule has 0 saturated carbocycles. The molecule has 2 aromatic rings. The third-order valence-corrected chi connectivity index (χ3v) is 2.35. The summed E-state index contributed by atoms with van der Waals surface area (Å²) in [4.78, 5) is 7.64. The maximum atomic E-state index is 12.0. The molecule has 0 spiro atoms. The van der Waals surface area contributed by atoms with Crippen molar-refractivity contribution in [3.05, 3.63) is 41.3 Å². The summed E-state index contributed by atoms with van der Waals surface area (Å²) in [6, 6.07) is 4.94. The molecule has 4 nitrogen and oxygen atoms in total. The molecule has 0 aliphatic carbocycles. The lowest BCUT2D eigenvalue weighted by Gasteiger charge is -2.10. The molecular weight excluding hydrogens is 297 g/mol. The van der Waals surface area contributed by atoms with Crippen molar-refractivity contribution in [1.29, 1.82) is 0 Å². The first kappa shape index (κ1) is 14.4. The summed E-state index contributed by atoms with van der Waals surface area (Å²) in [5.74, 6) is 0.203. The van der Waals surface area contributed by atoms with Gasteiger partial charge in [0, 0.05) is 11.8 Å². The van der Waals surface area contributed by atoms with Crippen molar-refractivity contribution >= 4 is 11.6 Å². The van der Waals surface area contributed by atoms with Crippen LogP contribution in [0.15, 0.2) is 30.5 Å². The molecule has 2 rings (SSSR count). The van der Waals surface area contributed by atoms with E-state index in [1.807, 2.05) is 0 Å². The summed E-state index contributed by atoms with van der Waals surface area (Å²) in [7, 11) is 0. The minimum Gasteiger partial charge on any atom is -0.439 e. The average molecular weight is 305 g/mol. The van der Waals surface area contributed by atoms with Crippen molar-refractivity contribution in [3.8, 4) is 17.4 Å². The van der Waals surface area contributed by atoms with Gasteiger partial charge in [-0.3, -0.25) is 0 Å². The van der Waals surface area contributed by atoms with E-state index in [9.17, 15) is 13.2 Å². The van der Waals surface area contributed by atoms with Crippen LogP contribution in [0.1, 0.15) is 5.56 Å². The van der Waals surface area contributed by atoms with Gasteiger partial charge in [0.2, 0.25) is 11.2 Å². The van der Waals surface area contributed by atoms with Gasteiger partial charge < -0.3 is 9.47 Å². The van der Waals surface area contributed by atoms with Crippen LogP contribution in [0.5, 0.6) is 17.4 Å². The van der Waals surface area contributed by atoms with Gasteiger partial charge in [0.15, 0.2) is 0 Å². The highest BCUT2D eigenvalue weighted by atomic mass is 35.5. The van der Waals surface area contributed by atoms with Gasteiger partial charge in [0.1, 0.15) is 11.5 Å². The van der Waals surface area contributed by atoms with E-state index >= 15 is 0 Å². The third kappa shape index (κ3) is 3.99. The largest absolute Gasteiger partial charge is 0.573 e. The maximum absolute atomic E-state index is 12.0. The molecule has 1 aromatic carbocycles. The number of aryl methyl sites for hydroxylation is 1. The Morgan fingerprint density at radius 1 is 1.10 bits per heavy atom. The van der Waals surface area contributed by atoms with Gasteiger partial charge >= 0.3 is 6.36 Å². The summed E-state index contributed by atoms with van der Waals surface area (Å²) in [5, 5.41) is 0.0163. The number of rotatable bonds is 3. The number of nitrogens with zero attached hydrogens (tertiary/aromatic N) is 2. The third-order valence-electron chi connectivity index (χ3n) is 2.17. The van der Waals surface area contributed by atoms with Crippen molar-refractivity contribution in [2.75, 3.05) is 0 Å². The molecule has 0 radical (unpaired) electrons. The highest BCUT2D eigenvalue weighted by Gasteiger charge is 2.30. The molecule has 1 heterocycles.